The standard InChI is InChI=1S/C7H3FN2O3S/c8-4-1-2-5(13-3-9)6(7(4)14)10(11)12/h1-2,4H. The lowest BCUT2D eigenvalue weighted by atomic mass is 10.1. The van der Waals surface area contributed by atoms with E-state index in [4.69, 9.17) is 5.26 Å². The molecule has 0 aromatic carbocycles. The molecule has 5 nitrogen and oxygen atoms in total. The summed E-state index contributed by atoms with van der Waals surface area (Å²) in [4.78, 5) is 9.11. The molecular weight excluding hydrogens is 211 g/mol. The smallest absolute Gasteiger partial charge is 0.329 e. The molecule has 0 aromatic rings. The van der Waals surface area contributed by atoms with Crippen LogP contribution in [0.4, 0.5) is 4.39 Å². The van der Waals surface area contributed by atoms with Gasteiger partial charge in [0.25, 0.3) is 6.26 Å². The fourth-order valence-corrected chi connectivity index (χ4v) is 1.16. The van der Waals surface area contributed by atoms with E-state index >= 15 is 0 Å². The summed E-state index contributed by atoms with van der Waals surface area (Å²) in [6.07, 6.45) is 1.58. The highest BCUT2D eigenvalue weighted by atomic mass is 32.1. The largest absolute Gasteiger partial charge is 0.381 e. The Morgan fingerprint density at radius 3 is 2.93 bits per heavy atom. The average molecular weight is 214 g/mol. The fraction of sp³-hybridized carbons (Fsp3) is 0.143. The molecule has 0 spiro atoms. The molecule has 1 aliphatic rings. The zero-order valence-electron chi connectivity index (χ0n) is 6.64. The third-order valence-electron chi connectivity index (χ3n) is 1.47. The summed E-state index contributed by atoms with van der Waals surface area (Å²) in [5.74, 6) is -0.337. The maximum absolute atomic E-state index is 12.9. The molecule has 0 aromatic heterocycles. The Bertz CT molecular complexity index is 396. The van der Waals surface area contributed by atoms with E-state index in [1.807, 2.05) is 0 Å². The number of thiocarbonyl (C=S) groups is 1. The van der Waals surface area contributed by atoms with Crippen molar-refractivity contribution in [1.29, 1.82) is 5.26 Å². The van der Waals surface area contributed by atoms with Crippen LogP contribution in [0.2, 0.25) is 0 Å². The molecule has 14 heavy (non-hydrogen) atoms. The van der Waals surface area contributed by atoms with E-state index < -0.39 is 21.7 Å². The fourth-order valence-electron chi connectivity index (χ4n) is 0.902. The Kier molecular flexibility index (Phi) is 2.89. The lowest BCUT2D eigenvalue weighted by Crippen LogP contribution is -2.23. The minimum absolute atomic E-state index is 0.337. The van der Waals surface area contributed by atoms with Crippen molar-refractivity contribution in [3.63, 3.8) is 0 Å². The number of allylic oxidation sites excluding steroid dienone is 3. The van der Waals surface area contributed by atoms with Crippen LogP contribution in [0.5, 0.6) is 0 Å². The molecule has 0 saturated heterocycles. The van der Waals surface area contributed by atoms with Crippen LogP contribution in [0.1, 0.15) is 0 Å². The molecule has 0 saturated carbocycles. The molecule has 0 radical (unpaired) electrons. The van der Waals surface area contributed by atoms with Gasteiger partial charge in [0.05, 0.1) is 4.92 Å². The van der Waals surface area contributed by atoms with E-state index in [0.29, 0.717) is 0 Å². The lowest BCUT2D eigenvalue weighted by molar-refractivity contribution is -0.417. The van der Waals surface area contributed by atoms with Gasteiger partial charge in [-0.15, -0.1) is 5.26 Å². The van der Waals surface area contributed by atoms with E-state index in [-0.39, 0.29) is 5.76 Å². The Morgan fingerprint density at radius 2 is 2.43 bits per heavy atom. The highest BCUT2D eigenvalue weighted by Crippen LogP contribution is 2.20. The van der Waals surface area contributed by atoms with Crippen LogP contribution in [0, 0.1) is 21.6 Å². The SMILES string of the molecule is N#COC1=C([N+](=O)[O-])C(=S)C(F)C=C1. The van der Waals surface area contributed by atoms with Gasteiger partial charge in [-0.1, -0.05) is 12.2 Å². The molecule has 0 aliphatic heterocycles. The number of nitrogens with zero attached hydrogens (tertiary/aromatic N) is 2. The van der Waals surface area contributed by atoms with E-state index in [2.05, 4.69) is 17.0 Å². The number of nitriles is 1. The van der Waals surface area contributed by atoms with Crippen LogP contribution in [0.3, 0.4) is 0 Å². The van der Waals surface area contributed by atoms with Crippen molar-refractivity contribution in [2.45, 2.75) is 6.17 Å². The summed E-state index contributed by atoms with van der Waals surface area (Å²) in [6.45, 7) is 0. The van der Waals surface area contributed by atoms with Crippen LogP contribution >= 0.6 is 12.2 Å². The average Bonchev–Trinajstić information content (AvgIpc) is 2.11. The maximum Gasteiger partial charge on any atom is 0.329 e. The first-order valence-electron chi connectivity index (χ1n) is 3.39. The molecule has 1 rings (SSSR count). The highest BCUT2D eigenvalue weighted by Gasteiger charge is 2.32. The molecule has 0 fully saturated rings. The second-order valence-electron chi connectivity index (χ2n) is 2.29. The van der Waals surface area contributed by atoms with Crippen LogP contribution < -0.4 is 0 Å². The zero-order valence-corrected chi connectivity index (χ0v) is 7.45. The van der Waals surface area contributed by atoms with Gasteiger partial charge >= 0.3 is 5.70 Å². The number of hydrogen-bond acceptors (Lipinski definition) is 5. The Hall–Kier alpha value is -1.81. The van der Waals surface area contributed by atoms with Crippen molar-refractivity contribution < 1.29 is 14.1 Å². The van der Waals surface area contributed by atoms with Gasteiger partial charge in [-0.05, 0) is 12.2 Å². The van der Waals surface area contributed by atoms with Crippen molar-refractivity contribution in [2.24, 2.45) is 0 Å². The quantitative estimate of drug-likeness (QED) is 0.299. The third kappa shape index (κ3) is 1.75. The lowest BCUT2D eigenvalue weighted by Gasteiger charge is -2.09. The second kappa shape index (κ2) is 3.93. The van der Waals surface area contributed by atoms with E-state index in [9.17, 15) is 14.5 Å². The number of hydrogen-bond donors (Lipinski definition) is 0. The molecule has 0 bridgehead atoms. The van der Waals surface area contributed by atoms with Gasteiger partial charge in [-0.25, -0.2) is 4.39 Å². The van der Waals surface area contributed by atoms with Crippen molar-refractivity contribution in [3.8, 4) is 6.26 Å². The first-order chi connectivity index (χ1) is 6.57. The van der Waals surface area contributed by atoms with Crippen LogP contribution in [-0.4, -0.2) is 16.0 Å². The predicted octanol–water partition coefficient (Wildman–Crippen LogP) is 1.25. The van der Waals surface area contributed by atoms with Gasteiger partial charge in [-0.3, -0.25) is 10.1 Å². The maximum atomic E-state index is 12.9. The minimum Gasteiger partial charge on any atom is -0.381 e. The summed E-state index contributed by atoms with van der Waals surface area (Å²) >= 11 is 4.50. The van der Waals surface area contributed by atoms with Crippen molar-refractivity contribution in [1.82, 2.24) is 0 Å². The molecule has 1 atom stereocenters. The number of alkyl halides is 1. The molecule has 72 valence electrons. The molecule has 0 N–H and O–H groups in total. The summed E-state index contributed by atoms with van der Waals surface area (Å²) < 4.78 is 17.2. The third-order valence-corrected chi connectivity index (χ3v) is 1.89. The van der Waals surface area contributed by atoms with Gasteiger partial charge < -0.3 is 4.74 Å². The van der Waals surface area contributed by atoms with Crippen molar-refractivity contribution >= 4 is 17.1 Å². The summed E-state index contributed by atoms with van der Waals surface area (Å²) in [5.41, 5.74) is -0.670. The summed E-state index contributed by atoms with van der Waals surface area (Å²) in [6, 6.07) is 0. The van der Waals surface area contributed by atoms with Crippen LogP contribution in [0.25, 0.3) is 0 Å². The number of nitro groups is 1. The van der Waals surface area contributed by atoms with Crippen molar-refractivity contribution in [2.75, 3.05) is 0 Å². The molecule has 1 aliphatic carbocycles. The van der Waals surface area contributed by atoms with Crippen LogP contribution in [-0.2, 0) is 4.74 Å². The van der Waals surface area contributed by atoms with E-state index in [1.54, 1.807) is 0 Å². The predicted molar refractivity (Wildman–Crippen MR) is 47.4 cm³/mol. The topological polar surface area (TPSA) is 76.2 Å². The normalized spacial score (nSPS) is 20.6. The molecule has 7 heteroatoms. The Balaban J connectivity index is 3.18. The zero-order chi connectivity index (χ0) is 10.7. The van der Waals surface area contributed by atoms with Crippen LogP contribution in [0.15, 0.2) is 23.6 Å². The number of rotatable bonds is 2. The van der Waals surface area contributed by atoms with Gasteiger partial charge in [0, 0.05) is 0 Å². The number of halogens is 1. The summed E-state index contributed by atoms with van der Waals surface area (Å²) in [5, 5.41) is 18.6. The Morgan fingerprint density at radius 1 is 1.79 bits per heavy atom. The molecule has 1 unspecified atom stereocenters. The van der Waals surface area contributed by atoms with Gasteiger partial charge in [0.2, 0.25) is 5.76 Å². The first-order valence-corrected chi connectivity index (χ1v) is 3.80. The van der Waals surface area contributed by atoms with E-state index in [1.165, 1.54) is 6.26 Å². The van der Waals surface area contributed by atoms with Crippen molar-refractivity contribution in [3.05, 3.63) is 33.7 Å². The Labute approximate surface area is 83.2 Å². The van der Waals surface area contributed by atoms with Gasteiger partial charge in [-0.2, -0.15) is 0 Å². The monoisotopic (exact) mass is 214 g/mol. The molecule has 0 heterocycles. The highest BCUT2D eigenvalue weighted by molar-refractivity contribution is 7.81. The second-order valence-corrected chi connectivity index (χ2v) is 2.73. The first kappa shape index (κ1) is 10.3. The van der Waals surface area contributed by atoms with Gasteiger partial charge in [0.15, 0.2) is 6.17 Å². The minimum atomic E-state index is -1.68. The van der Waals surface area contributed by atoms with E-state index in [0.717, 1.165) is 12.2 Å². The molecular formula is C7H3FN2O3S. The van der Waals surface area contributed by atoms with Gasteiger partial charge in [0.1, 0.15) is 4.86 Å². The molecule has 0 amide bonds. The number of ether oxygens (including phenoxy) is 1. The summed E-state index contributed by atoms with van der Waals surface area (Å²) in [7, 11) is 0.